The summed E-state index contributed by atoms with van der Waals surface area (Å²) in [6.45, 7) is 0. The summed E-state index contributed by atoms with van der Waals surface area (Å²) in [5, 5.41) is 6.46. The largest absolute Gasteiger partial charge is 0.495 e. The monoisotopic (exact) mass is 374 g/mol. The molecule has 0 saturated heterocycles. The predicted molar refractivity (Wildman–Crippen MR) is 99.6 cm³/mol. The first-order valence-electron chi connectivity index (χ1n) is 7.63. The van der Waals surface area contributed by atoms with Crippen molar-refractivity contribution in [2.75, 3.05) is 24.9 Å². The molecule has 134 valence electrons. The summed E-state index contributed by atoms with van der Waals surface area (Å²) in [6.07, 6.45) is 1.37. The van der Waals surface area contributed by atoms with E-state index in [1.165, 1.54) is 26.6 Å². The first-order chi connectivity index (χ1) is 12.6. The Kier molecular flexibility index (Phi) is 5.38. The Hall–Kier alpha value is -3.06. The molecule has 0 saturated carbocycles. The molecular weight excluding hydrogens is 359 g/mol. The molecule has 2 aromatic carbocycles. The lowest BCUT2D eigenvalue weighted by molar-refractivity contribution is 0.405. The van der Waals surface area contributed by atoms with E-state index < -0.39 is 0 Å². The van der Waals surface area contributed by atoms with Crippen LogP contribution in [0.15, 0.2) is 48.8 Å². The highest BCUT2D eigenvalue weighted by Crippen LogP contribution is 2.37. The van der Waals surface area contributed by atoms with Crippen LogP contribution in [0.25, 0.3) is 0 Å². The molecule has 0 atom stereocenters. The Morgan fingerprint density at radius 2 is 1.54 bits per heavy atom. The summed E-state index contributed by atoms with van der Waals surface area (Å²) in [4.78, 5) is 8.27. The van der Waals surface area contributed by atoms with Crippen LogP contribution >= 0.6 is 11.6 Å². The summed E-state index contributed by atoms with van der Waals surface area (Å²) in [5.41, 5.74) is 0.937. The van der Waals surface area contributed by atoms with Crippen LogP contribution in [0, 0.1) is 5.82 Å². The number of nitrogens with one attached hydrogen (secondary N) is 2. The quantitative estimate of drug-likeness (QED) is 0.647. The SMILES string of the molecule is COc1cc(Nc2cc(Nc3ccccc3F)ncn2)c(OC)cc1Cl. The number of aromatic nitrogens is 2. The van der Waals surface area contributed by atoms with Crippen molar-refractivity contribution in [1.82, 2.24) is 9.97 Å². The van der Waals surface area contributed by atoms with Gasteiger partial charge in [0.25, 0.3) is 0 Å². The van der Waals surface area contributed by atoms with E-state index in [0.717, 1.165) is 0 Å². The van der Waals surface area contributed by atoms with Crippen molar-refractivity contribution in [2.45, 2.75) is 0 Å². The van der Waals surface area contributed by atoms with E-state index in [4.69, 9.17) is 21.1 Å². The van der Waals surface area contributed by atoms with Crippen LogP contribution < -0.4 is 20.1 Å². The molecule has 0 unspecified atom stereocenters. The van der Waals surface area contributed by atoms with Crippen molar-refractivity contribution < 1.29 is 13.9 Å². The fraction of sp³-hybridized carbons (Fsp3) is 0.111. The number of para-hydroxylation sites is 1. The van der Waals surface area contributed by atoms with Crippen molar-refractivity contribution in [3.8, 4) is 11.5 Å². The van der Waals surface area contributed by atoms with Gasteiger partial charge < -0.3 is 20.1 Å². The summed E-state index contributed by atoms with van der Waals surface area (Å²) in [5.74, 6) is 1.57. The lowest BCUT2D eigenvalue weighted by Gasteiger charge is -2.14. The molecule has 3 aromatic rings. The van der Waals surface area contributed by atoms with Crippen molar-refractivity contribution in [3.63, 3.8) is 0 Å². The third-order valence-corrected chi connectivity index (χ3v) is 3.84. The topological polar surface area (TPSA) is 68.3 Å². The van der Waals surface area contributed by atoms with Crippen LogP contribution in [0.5, 0.6) is 11.5 Å². The van der Waals surface area contributed by atoms with Gasteiger partial charge in [-0.2, -0.15) is 0 Å². The average Bonchev–Trinajstić information content (AvgIpc) is 2.65. The van der Waals surface area contributed by atoms with Gasteiger partial charge in [-0.15, -0.1) is 0 Å². The third kappa shape index (κ3) is 3.94. The highest BCUT2D eigenvalue weighted by Gasteiger charge is 2.11. The second-order valence-corrected chi connectivity index (χ2v) is 5.61. The fourth-order valence-electron chi connectivity index (χ4n) is 2.29. The second-order valence-electron chi connectivity index (χ2n) is 5.21. The van der Waals surface area contributed by atoms with Crippen molar-refractivity contribution in [3.05, 3.63) is 59.6 Å². The molecule has 0 aliphatic heterocycles. The maximum absolute atomic E-state index is 13.8. The van der Waals surface area contributed by atoms with E-state index in [2.05, 4.69) is 20.6 Å². The van der Waals surface area contributed by atoms with Crippen LogP contribution in [0.2, 0.25) is 5.02 Å². The zero-order valence-electron chi connectivity index (χ0n) is 14.1. The maximum Gasteiger partial charge on any atom is 0.146 e. The van der Waals surface area contributed by atoms with Gasteiger partial charge in [0.15, 0.2) is 0 Å². The molecule has 0 radical (unpaired) electrons. The lowest BCUT2D eigenvalue weighted by atomic mass is 10.2. The zero-order chi connectivity index (χ0) is 18.5. The number of nitrogens with zero attached hydrogens (tertiary/aromatic N) is 2. The average molecular weight is 375 g/mol. The van der Waals surface area contributed by atoms with Crippen molar-refractivity contribution in [1.29, 1.82) is 0 Å². The fourth-order valence-corrected chi connectivity index (χ4v) is 2.52. The van der Waals surface area contributed by atoms with Crippen molar-refractivity contribution >= 4 is 34.6 Å². The molecule has 0 fully saturated rings. The van der Waals surface area contributed by atoms with E-state index in [-0.39, 0.29) is 5.82 Å². The Morgan fingerprint density at radius 1 is 0.885 bits per heavy atom. The van der Waals surface area contributed by atoms with E-state index in [0.29, 0.717) is 39.5 Å². The van der Waals surface area contributed by atoms with Gasteiger partial charge in [0, 0.05) is 18.2 Å². The first kappa shape index (κ1) is 17.8. The van der Waals surface area contributed by atoms with Gasteiger partial charge >= 0.3 is 0 Å². The molecule has 0 aliphatic rings. The Bertz CT molecular complexity index is 923. The minimum absolute atomic E-state index is 0.322. The molecule has 1 aromatic heterocycles. The van der Waals surface area contributed by atoms with Gasteiger partial charge in [-0.25, -0.2) is 14.4 Å². The van der Waals surface area contributed by atoms with Crippen LogP contribution in [-0.2, 0) is 0 Å². The Balaban J connectivity index is 1.86. The van der Waals surface area contributed by atoms with Crippen LogP contribution in [-0.4, -0.2) is 24.2 Å². The number of ether oxygens (including phenoxy) is 2. The summed E-state index contributed by atoms with van der Waals surface area (Å²) >= 11 is 6.11. The number of halogens is 2. The van der Waals surface area contributed by atoms with Crippen LogP contribution in [0.1, 0.15) is 0 Å². The minimum atomic E-state index is -0.371. The van der Waals surface area contributed by atoms with Crippen molar-refractivity contribution in [2.24, 2.45) is 0 Å². The van der Waals surface area contributed by atoms with Gasteiger partial charge in [-0.05, 0) is 12.1 Å². The molecule has 0 spiro atoms. The number of benzene rings is 2. The summed E-state index contributed by atoms with van der Waals surface area (Å²) in [7, 11) is 3.06. The molecule has 0 aliphatic carbocycles. The highest BCUT2D eigenvalue weighted by molar-refractivity contribution is 6.32. The molecule has 0 bridgehead atoms. The molecular formula is C18H16ClFN4O2. The molecule has 2 N–H and O–H groups in total. The number of hydrogen-bond donors (Lipinski definition) is 2. The molecule has 8 heteroatoms. The molecule has 0 amide bonds. The van der Waals surface area contributed by atoms with Crippen LogP contribution in [0.3, 0.4) is 0 Å². The zero-order valence-corrected chi connectivity index (χ0v) is 14.8. The normalized spacial score (nSPS) is 10.3. The predicted octanol–water partition coefficient (Wildman–Crippen LogP) is 4.77. The van der Waals surface area contributed by atoms with E-state index in [1.807, 2.05) is 0 Å². The summed E-state index contributed by atoms with van der Waals surface area (Å²) in [6, 6.07) is 11.3. The standard InChI is InChI=1S/C18H16ClFN4O2/c1-25-15-8-14(16(26-2)7-11(15)19)24-18-9-17(21-10-22-18)23-13-6-4-3-5-12(13)20/h3-10H,1-2H3,(H2,21,22,23,24). The lowest BCUT2D eigenvalue weighted by Crippen LogP contribution is -2.01. The second kappa shape index (κ2) is 7.88. The third-order valence-electron chi connectivity index (χ3n) is 3.54. The van der Waals surface area contributed by atoms with Gasteiger partial charge in [-0.3, -0.25) is 0 Å². The van der Waals surface area contributed by atoms with E-state index in [1.54, 1.807) is 36.4 Å². The number of anilines is 4. The minimum Gasteiger partial charge on any atom is -0.495 e. The molecule has 3 rings (SSSR count). The first-order valence-corrected chi connectivity index (χ1v) is 8.00. The maximum atomic E-state index is 13.8. The highest BCUT2D eigenvalue weighted by atomic mass is 35.5. The van der Waals surface area contributed by atoms with Gasteiger partial charge in [0.1, 0.15) is 35.3 Å². The molecule has 26 heavy (non-hydrogen) atoms. The van der Waals surface area contributed by atoms with Gasteiger partial charge in [0.2, 0.25) is 0 Å². The molecule has 6 nitrogen and oxygen atoms in total. The Morgan fingerprint density at radius 3 is 2.19 bits per heavy atom. The number of hydrogen-bond acceptors (Lipinski definition) is 6. The molecule has 1 heterocycles. The smallest absolute Gasteiger partial charge is 0.146 e. The summed E-state index contributed by atoms with van der Waals surface area (Å²) < 4.78 is 24.3. The van der Waals surface area contributed by atoms with E-state index in [9.17, 15) is 4.39 Å². The van der Waals surface area contributed by atoms with Crippen LogP contribution in [0.4, 0.5) is 27.4 Å². The Labute approximate surface area is 155 Å². The number of rotatable bonds is 6. The number of methoxy groups -OCH3 is 2. The van der Waals surface area contributed by atoms with Gasteiger partial charge in [0.05, 0.1) is 30.6 Å². The van der Waals surface area contributed by atoms with E-state index >= 15 is 0 Å². The van der Waals surface area contributed by atoms with Gasteiger partial charge in [-0.1, -0.05) is 23.7 Å².